The summed E-state index contributed by atoms with van der Waals surface area (Å²) in [5, 5.41) is 14.2. The normalized spacial score (nSPS) is 10.8. The molecule has 0 radical (unpaired) electrons. The first-order chi connectivity index (χ1) is 9.84. The zero-order valence-corrected chi connectivity index (χ0v) is 12.0. The Morgan fingerprint density at radius 2 is 1.86 bits per heavy atom. The van der Waals surface area contributed by atoms with E-state index in [0.717, 1.165) is 0 Å². The maximum atomic E-state index is 11.9. The number of carboxylic acid groups (broad SMARTS) is 1. The molecule has 7 nitrogen and oxygen atoms in total. The first-order valence-corrected chi connectivity index (χ1v) is 6.57. The van der Waals surface area contributed by atoms with Gasteiger partial charge < -0.3 is 21.5 Å². The minimum absolute atomic E-state index is 0.253. The smallest absolute Gasteiger partial charge is 0.329 e. The maximum absolute atomic E-state index is 11.9. The first kappa shape index (κ1) is 16.5. The molecule has 0 aliphatic rings. The number of carboxylic acids is 1. The highest BCUT2D eigenvalue weighted by molar-refractivity contribution is 5.97. The summed E-state index contributed by atoms with van der Waals surface area (Å²) in [4.78, 5) is 34.3. The molecule has 0 saturated carbocycles. The average Bonchev–Trinajstić information content (AvgIpc) is 2.44. The number of amides is 3. The number of nitrogens with two attached hydrogens (primary N) is 1. The van der Waals surface area contributed by atoms with E-state index < -0.39 is 23.4 Å². The maximum Gasteiger partial charge on any atom is 0.329 e. The van der Waals surface area contributed by atoms with Crippen LogP contribution in [0.25, 0.3) is 0 Å². The Morgan fingerprint density at radius 1 is 1.24 bits per heavy atom. The van der Waals surface area contributed by atoms with Crippen molar-refractivity contribution >= 4 is 23.6 Å². The summed E-state index contributed by atoms with van der Waals surface area (Å²) in [7, 11) is 0. The second kappa shape index (κ2) is 6.74. The highest BCUT2D eigenvalue weighted by Gasteiger charge is 2.36. The Bertz CT molecular complexity index is 553. The fourth-order valence-electron chi connectivity index (χ4n) is 1.91. The zero-order chi connectivity index (χ0) is 16.0. The molecule has 0 unspecified atom stereocenters. The van der Waals surface area contributed by atoms with Crippen molar-refractivity contribution < 1.29 is 19.5 Å². The van der Waals surface area contributed by atoms with Crippen LogP contribution < -0.4 is 16.4 Å². The third kappa shape index (κ3) is 3.95. The highest BCUT2D eigenvalue weighted by atomic mass is 16.4. The Labute approximate surface area is 122 Å². The molecule has 3 amide bonds. The number of rotatable bonds is 6. The van der Waals surface area contributed by atoms with E-state index in [0.29, 0.717) is 5.69 Å². The minimum Gasteiger partial charge on any atom is -0.480 e. The number of anilines is 1. The van der Waals surface area contributed by atoms with E-state index in [1.165, 1.54) is 12.1 Å². The Balaban J connectivity index is 2.84. The Morgan fingerprint density at radius 3 is 2.33 bits per heavy atom. The van der Waals surface area contributed by atoms with Crippen LogP contribution in [0.5, 0.6) is 0 Å². The summed E-state index contributed by atoms with van der Waals surface area (Å²) >= 11 is 0. The number of benzene rings is 1. The van der Waals surface area contributed by atoms with Crippen LogP contribution in [0, 0.1) is 0 Å². The van der Waals surface area contributed by atoms with E-state index in [4.69, 9.17) is 5.73 Å². The third-order valence-corrected chi connectivity index (χ3v) is 3.37. The van der Waals surface area contributed by atoms with Crippen LogP contribution in [-0.4, -0.2) is 28.6 Å². The van der Waals surface area contributed by atoms with Crippen LogP contribution in [0.3, 0.4) is 0 Å². The topological polar surface area (TPSA) is 122 Å². The molecule has 114 valence electrons. The van der Waals surface area contributed by atoms with Gasteiger partial charge in [-0.05, 0) is 31.0 Å². The first-order valence-electron chi connectivity index (χ1n) is 6.57. The van der Waals surface area contributed by atoms with Crippen molar-refractivity contribution in [3.8, 4) is 0 Å². The van der Waals surface area contributed by atoms with Crippen molar-refractivity contribution in [2.75, 3.05) is 5.32 Å². The van der Waals surface area contributed by atoms with Gasteiger partial charge in [-0.1, -0.05) is 19.9 Å². The van der Waals surface area contributed by atoms with Crippen molar-refractivity contribution in [2.24, 2.45) is 5.73 Å². The predicted octanol–water partition coefficient (Wildman–Crippen LogP) is 1.55. The van der Waals surface area contributed by atoms with Gasteiger partial charge in [-0.25, -0.2) is 9.59 Å². The van der Waals surface area contributed by atoms with Crippen molar-refractivity contribution in [1.82, 2.24) is 5.32 Å². The lowest BCUT2D eigenvalue weighted by Gasteiger charge is -2.28. The molecule has 7 heteroatoms. The number of aliphatic carboxylic acids is 1. The van der Waals surface area contributed by atoms with E-state index in [1.54, 1.807) is 26.0 Å². The van der Waals surface area contributed by atoms with Crippen LogP contribution in [0.4, 0.5) is 10.5 Å². The van der Waals surface area contributed by atoms with E-state index in [2.05, 4.69) is 10.6 Å². The van der Waals surface area contributed by atoms with Gasteiger partial charge in [-0.15, -0.1) is 0 Å². The van der Waals surface area contributed by atoms with Gasteiger partial charge in [0, 0.05) is 11.3 Å². The molecule has 1 rings (SSSR count). The van der Waals surface area contributed by atoms with Crippen molar-refractivity contribution in [1.29, 1.82) is 0 Å². The van der Waals surface area contributed by atoms with Crippen molar-refractivity contribution in [2.45, 2.75) is 32.2 Å². The van der Waals surface area contributed by atoms with Crippen molar-refractivity contribution in [3.05, 3.63) is 29.8 Å². The Hall–Kier alpha value is -2.57. The molecule has 1 aromatic rings. The van der Waals surface area contributed by atoms with Gasteiger partial charge >= 0.3 is 12.0 Å². The van der Waals surface area contributed by atoms with Gasteiger partial charge in [-0.3, -0.25) is 4.79 Å². The number of carbonyl (C=O) groups is 3. The molecule has 5 N–H and O–H groups in total. The highest BCUT2D eigenvalue weighted by Crippen LogP contribution is 2.16. The second-order valence-corrected chi connectivity index (χ2v) is 4.62. The molecular weight excluding hydrogens is 274 g/mol. The molecule has 0 heterocycles. The lowest BCUT2D eigenvalue weighted by molar-refractivity contribution is -0.144. The molecule has 1 aromatic carbocycles. The quantitative estimate of drug-likeness (QED) is 0.635. The summed E-state index contributed by atoms with van der Waals surface area (Å²) < 4.78 is 0. The second-order valence-electron chi connectivity index (χ2n) is 4.62. The molecule has 0 spiro atoms. The van der Waals surface area contributed by atoms with E-state index >= 15 is 0 Å². The molecule has 0 fully saturated rings. The predicted molar refractivity (Wildman–Crippen MR) is 78.1 cm³/mol. The van der Waals surface area contributed by atoms with Crippen LogP contribution >= 0.6 is 0 Å². The van der Waals surface area contributed by atoms with Crippen LogP contribution in [0.15, 0.2) is 24.3 Å². The molecule has 0 saturated heterocycles. The monoisotopic (exact) mass is 293 g/mol. The standard InChI is InChI=1S/C14H19N3O4/c1-3-14(4-2,12(19)20)17-13(21)16-10-7-5-6-9(8-10)11(15)18/h5-8H,3-4H2,1-2H3,(H2,15,18)(H,19,20)(H2,16,17,21). The number of nitrogens with one attached hydrogen (secondary N) is 2. The number of hydrogen-bond donors (Lipinski definition) is 4. The van der Waals surface area contributed by atoms with Crippen LogP contribution in [-0.2, 0) is 4.79 Å². The van der Waals surface area contributed by atoms with Gasteiger partial charge in [0.15, 0.2) is 0 Å². The molecule has 0 aromatic heterocycles. The lowest BCUT2D eigenvalue weighted by Crippen LogP contribution is -2.54. The molecule has 0 atom stereocenters. The Kier molecular flexibility index (Phi) is 5.29. The summed E-state index contributed by atoms with van der Waals surface area (Å²) in [6, 6.07) is 5.43. The number of carbonyl (C=O) groups excluding carboxylic acids is 2. The van der Waals surface area contributed by atoms with Crippen molar-refractivity contribution in [3.63, 3.8) is 0 Å². The minimum atomic E-state index is -1.31. The fourth-order valence-corrected chi connectivity index (χ4v) is 1.91. The van der Waals surface area contributed by atoms with E-state index in [1.807, 2.05) is 0 Å². The van der Waals surface area contributed by atoms with E-state index in [-0.39, 0.29) is 18.4 Å². The number of urea groups is 1. The van der Waals surface area contributed by atoms with Gasteiger partial charge in [0.1, 0.15) is 5.54 Å². The third-order valence-electron chi connectivity index (χ3n) is 3.37. The van der Waals surface area contributed by atoms with Gasteiger partial charge in [-0.2, -0.15) is 0 Å². The molecule has 0 bridgehead atoms. The molecule has 0 aliphatic heterocycles. The summed E-state index contributed by atoms with van der Waals surface area (Å²) in [5.74, 6) is -1.70. The van der Waals surface area contributed by atoms with Gasteiger partial charge in [0.2, 0.25) is 5.91 Å². The average molecular weight is 293 g/mol. The fraction of sp³-hybridized carbons (Fsp3) is 0.357. The largest absolute Gasteiger partial charge is 0.480 e. The molecule has 0 aliphatic carbocycles. The summed E-state index contributed by atoms with van der Waals surface area (Å²) in [6.45, 7) is 3.37. The van der Waals surface area contributed by atoms with Crippen LogP contribution in [0.1, 0.15) is 37.0 Å². The van der Waals surface area contributed by atoms with Crippen LogP contribution in [0.2, 0.25) is 0 Å². The zero-order valence-electron chi connectivity index (χ0n) is 12.0. The lowest BCUT2D eigenvalue weighted by atomic mass is 9.93. The van der Waals surface area contributed by atoms with Gasteiger partial charge in [0.05, 0.1) is 0 Å². The molecular formula is C14H19N3O4. The summed E-state index contributed by atoms with van der Waals surface area (Å²) in [6.07, 6.45) is 0.515. The summed E-state index contributed by atoms with van der Waals surface area (Å²) in [5.41, 5.74) is 4.45. The van der Waals surface area contributed by atoms with E-state index in [9.17, 15) is 19.5 Å². The number of primary amides is 1. The number of hydrogen-bond acceptors (Lipinski definition) is 3. The SMILES string of the molecule is CCC(CC)(NC(=O)Nc1cccc(C(N)=O)c1)C(=O)O. The molecule has 21 heavy (non-hydrogen) atoms. The van der Waals surface area contributed by atoms with Gasteiger partial charge in [0.25, 0.3) is 0 Å².